The predicted molar refractivity (Wildman–Crippen MR) is 73.6 cm³/mol. The van der Waals surface area contributed by atoms with E-state index in [1.807, 2.05) is 13.8 Å². The van der Waals surface area contributed by atoms with Crippen LogP contribution < -0.4 is 5.32 Å². The minimum atomic E-state index is -5.32. The van der Waals surface area contributed by atoms with Gasteiger partial charge in [-0.05, 0) is 36.6 Å². The highest BCUT2D eigenvalue weighted by molar-refractivity contribution is 7.92. The van der Waals surface area contributed by atoms with Gasteiger partial charge < -0.3 is 10.4 Å². The minimum absolute atomic E-state index is 0.124. The van der Waals surface area contributed by atoms with Gasteiger partial charge in [0.05, 0.1) is 11.5 Å². The van der Waals surface area contributed by atoms with Gasteiger partial charge in [0.25, 0.3) is 9.84 Å². The number of aliphatic hydroxyl groups excluding tert-OH is 1. The van der Waals surface area contributed by atoms with Gasteiger partial charge in [0.15, 0.2) is 0 Å². The van der Waals surface area contributed by atoms with Gasteiger partial charge >= 0.3 is 5.51 Å². The molecule has 0 aliphatic carbocycles. The number of benzene rings is 1. The maximum Gasteiger partial charge on any atom is 0.501 e. The number of alkyl halides is 3. The summed E-state index contributed by atoms with van der Waals surface area (Å²) in [4.78, 5) is -0.801. The number of aliphatic hydroxyl groups is 1. The summed E-state index contributed by atoms with van der Waals surface area (Å²) in [5.74, 6) is 0.333. The molecule has 2 N–H and O–H groups in total. The van der Waals surface area contributed by atoms with Crippen molar-refractivity contribution >= 4 is 15.5 Å². The fourth-order valence-electron chi connectivity index (χ4n) is 1.85. The van der Waals surface area contributed by atoms with E-state index in [-0.39, 0.29) is 12.6 Å². The standard InChI is InChI=1S/C13H18F3NO3S/c1-9(2)7-11(8-18)17-10-3-5-12(6-4-10)21(19,20)13(14,15)16/h3-6,9,11,17-18H,7-8H2,1-2H3. The van der Waals surface area contributed by atoms with Gasteiger partial charge in [0, 0.05) is 11.7 Å². The first-order valence-electron chi connectivity index (χ1n) is 6.36. The minimum Gasteiger partial charge on any atom is -0.394 e. The van der Waals surface area contributed by atoms with Gasteiger partial charge in [0.2, 0.25) is 0 Å². The molecule has 0 heterocycles. The van der Waals surface area contributed by atoms with Crippen LogP contribution in [0.2, 0.25) is 0 Å². The van der Waals surface area contributed by atoms with E-state index in [4.69, 9.17) is 0 Å². The van der Waals surface area contributed by atoms with E-state index >= 15 is 0 Å². The molecule has 0 spiro atoms. The van der Waals surface area contributed by atoms with Gasteiger partial charge in [-0.15, -0.1) is 0 Å². The lowest BCUT2D eigenvalue weighted by molar-refractivity contribution is -0.0436. The number of hydrogen-bond acceptors (Lipinski definition) is 4. The molecule has 1 atom stereocenters. The fourth-order valence-corrected chi connectivity index (χ4v) is 2.61. The molecular formula is C13H18F3NO3S. The van der Waals surface area contributed by atoms with Crippen molar-refractivity contribution in [1.29, 1.82) is 0 Å². The van der Waals surface area contributed by atoms with E-state index in [1.165, 1.54) is 12.1 Å². The maximum absolute atomic E-state index is 12.4. The molecule has 0 amide bonds. The van der Waals surface area contributed by atoms with Crippen molar-refractivity contribution < 1.29 is 26.7 Å². The van der Waals surface area contributed by atoms with Crippen LogP contribution in [0.1, 0.15) is 20.3 Å². The summed E-state index contributed by atoms with van der Waals surface area (Å²) in [6.07, 6.45) is 0.680. The Morgan fingerprint density at radius 1 is 1.19 bits per heavy atom. The largest absolute Gasteiger partial charge is 0.501 e. The summed E-state index contributed by atoms with van der Waals surface area (Å²) in [6, 6.07) is 4.06. The topological polar surface area (TPSA) is 66.4 Å². The molecular weight excluding hydrogens is 307 g/mol. The molecule has 0 bridgehead atoms. The molecule has 1 aromatic carbocycles. The van der Waals surface area contributed by atoms with E-state index in [9.17, 15) is 26.7 Å². The maximum atomic E-state index is 12.4. The lowest BCUT2D eigenvalue weighted by Crippen LogP contribution is -2.26. The molecule has 120 valence electrons. The zero-order valence-electron chi connectivity index (χ0n) is 11.7. The van der Waals surface area contributed by atoms with E-state index in [1.54, 1.807) is 0 Å². The Kier molecular flexibility index (Phi) is 5.63. The van der Waals surface area contributed by atoms with Crippen molar-refractivity contribution in [3.63, 3.8) is 0 Å². The molecule has 4 nitrogen and oxygen atoms in total. The highest BCUT2D eigenvalue weighted by Crippen LogP contribution is 2.30. The highest BCUT2D eigenvalue weighted by atomic mass is 32.2. The van der Waals surface area contributed by atoms with Crippen molar-refractivity contribution in [2.24, 2.45) is 5.92 Å². The molecule has 0 aromatic heterocycles. The zero-order valence-corrected chi connectivity index (χ0v) is 12.5. The summed E-state index contributed by atoms with van der Waals surface area (Å²) in [7, 11) is -5.32. The molecule has 0 aliphatic heterocycles. The van der Waals surface area contributed by atoms with Crippen LogP contribution in [-0.4, -0.2) is 31.7 Å². The fraction of sp³-hybridized carbons (Fsp3) is 0.538. The molecule has 0 saturated carbocycles. The second kappa shape index (κ2) is 6.65. The Morgan fingerprint density at radius 3 is 2.10 bits per heavy atom. The Labute approximate surface area is 121 Å². The number of hydrogen-bond donors (Lipinski definition) is 2. The molecule has 0 saturated heterocycles. The number of anilines is 1. The van der Waals surface area contributed by atoms with Gasteiger partial charge in [-0.3, -0.25) is 0 Å². The third kappa shape index (κ3) is 4.60. The number of rotatable bonds is 6. The van der Waals surface area contributed by atoms with Gasteiger partial charge in [0.1, 0.15) is 0 Å². The summed E-state index contributed by atoms with van der Waals surface area (Å²) in [6.45, 7) is 3.83. The summed E-state index contributed by atoms with van der Waals surface area (Å²) >= 11 is 0. The van der Waals surface area contributed by atoms with Gasteiger partial charge in [-0.25, -0.2) is 8.42 Å². The Morgan fingerprint density at radius 2 is 1.71 bits per heavy atom. The zero-order chi connectivity index (χ0) is 16.3. The molecule has 0 fully saturated rings. The second-order valence-corrected chi connectivity index (χ2v) is 7.07. The average molecular weight is 325 g/mol. The van der Waals surface area contributed by atoms with Crippen LogP contribution in [0.5, 0.6) is 0 Å². The molecule has 0 radical (unpaired) electrons. The predicted octanol–water partition coefficient (Wildman–Crippen LogP) is 2.80. The third-order valence-electron chi connectivity index (χ3n) is 2.82. The van der Waals surface area contributed by atoms with E-state index in [0.29, 0.717) is 18.0 Å². The summed E-state index contributed by atoms with van der Waals surface area (Å²) in [5, 5.41) is 12.2. The van der Waals surface area contributed by atoms with Crippen LogP contribution in [-0.2, 0) is 9.84 Å². The van der Waals surface area contributed by atoms with Crippen LogP contribution in [0.25, 0.3) is 0 Å². The van der Waals surface area contributed by atoms with Gasteiger partial charge in [-0.2, -0.15) is 13.2 Å². The van der Waals surface area contributed by atoms with Crippen molar-refractivity contribution in [3.8, 4) is 0 Å². The molecule has 0 aliphatic rings. The first-order chi connectivity index (χ1) is 9.57. The van der Waals surface area contributed by atoms with Crippen LogP contribution in [0.15, 0.2) is 29.2 Å². The SMILES string of the molecule is CC(C)CC(CO)Nc1ccc(S(=O)(=O)C(F)(F)F)cc1. The lowest BCUT2D eigenvalue weighted by atomic mass is 10.0. The van der Waals surface area contributed by atoms with Crippen LogP contribution in [0.3, 0.4) is 0 Å². The molecule has 21 heavy (non-hydrogen) atoms. The van der Waals surface area contributed by atoms with Crippen molar-refractivity contribution in [3.05, 3.63) is 24.3 Å². The number of halogens is 3. The van der Waals surface area contributed by atoms with Crippen molar-refractivity contribution in [2.75, 3.05) is 11.9 Å². The quantitative estimate of drug-likeness (QED) is 0.844. The summed E-state index contributed by atoms with van der Waals surface area (Å²) < 4.78 is 59.6. The number of nitrogens with one attached hydrogen (secondary N) is 1. The van der Waals surface area contributed by atoms with E-state index in [2.05, 4.69) is 5.32 Å². The Hall–Kier alpha value is -1.28. The monoisotopic (exact) mass is 325 g/mol. The first kappa shape index (κ1) is 17.8. The number of sulfone groups is 1. The van der Waals surface area contributed by atoms with E-state index < -0.39 is 20.2 Å². The van der Waals surface area contributed by atoms with E-state index in [0.717, 1.165) is 12.1 Å². The third-order valence-corrected chi connectivity index (χ3v) is 4.32. The smallest absolute Gasteiger partial charge is 0.394 e. The van der Waals surface area contributed by atoms with Crippen LogP contribution in [0.4, 0.5) is 18.9 Å². The van der Waals surface area contributed by atoms with Crippen LogP contribution >= 0.6 is 0 Å². The Balaban J connectivity index is 2.88. The van der Waals surface area contributed by atoms with Crippen molar-refractivity contribution in [1.82, 2.24) is 0 Å². The molecule has 1 unspecified atom stereocenters. The van der Waals surface area contributed by atoms with Crippen LogP contribution in [0, 0.1) is 5.92 Å². The molecule has 8 heteroatoms. The Bertz CT molecular complexity index is 553. The molecule has 1 rings (SSSR count). The molecule has 1 aromatic rings. The highest BCUT2D eigenvalue weighted by Gasteiger charge is 2.46. The lowest BCUT2D eigenvalue weighted by Gasteiger charge is -2.19. The first-order valence-corrected chi connectivity index (χ1v) is 7.85. The average Bonchev–Trinajstić information content (AvgIpc) is 2.36. The van der Waals surface area contributed by atoms with Crippen molar-refractivity contribution in [2.45, 2.75) is 36.7 Å². The summed E-state index contributed by atoms with van der Waals surface area (Å²) in [5.41, 5.74) is -4.86. The second-order valence-electron chi connectivity index (χ2n) is 5.13. The van der Waals surface area contributed by atoms with Gasteiger partial charge in [-0.1, -0.05) is 13.8 Å². The normalized spacial score (nSPS) is 14.2.